The fourth-order valence-electron chi connectivity index (χ4n) is 2.61. The largest absolute Gasteiger partial charge is 0.476 e. The highest BCUT2D eigenvalue weighted by Crippen LogP contribution is 2.37. The molecule has 0 saturated carbocycles. The van der Waals surface area contributed by atoms with Crippen LogP contribution in [0.1, 0.15) is 5.56 Å². The Labute approximate surface area is 200 Å². The number of nitrogens with one attached hydrogen (secondary N) is 1. The molecule has 0 aliphatic carbocycles. The Bertz CT molecular complexity index is 1140. The minimum atomic E-state index is -0.676. The number of anilines is 1. The van der Waals surface area contributed by atoms with Crippen molar-refractivity contribution in [2.24, 2.45) is 0 Å². The van der Waals surface area contributed by atoms with Gasteiger partial charge >= 0.3 is 0 Å². The van der Waals surface area contributed by atoms with Gasteiger partial charge in [-0.25, -0.2) is 0 Å². The summed E-state index contributed by atoms with van der Waals surface area (Å²) in [6.45, 7) is -0.188. The number of benzene rings is 2. The average Bonchev–Trinajstić information content (AvgIpc) is 2.67. The van der Waals surface area contributed by atoms with Gasteiger partial charge in [-0.3, -0.25) is 19.8 Å². The van der Waals surface area contributed by atoms with E-state index < -0.39 is 11.8 Å². The summed E-state index contributed by atoms with van der Waals surface area (Å²) < 4.78 is 5.71. The lowest BCUT2D eigenvalue weighted by Gasteiger charge is -2.29. The van der Waals surface area contributed by atoms with Crippen LogP contribution in [-0.2, 0) is 9.59 Å². The summed E-state index contributed by atoms with van der Waals surface area (Å²) in [5.74, 6) is -1.07. The Morgan fingerprint density at radius 1 is 1.23 bits per heavy atom. The van der Waals surface area contributed by atoms with Crippen LogP contribution < -0.4 is 15.0 Å². The summed E-state index contributed by atoms with van der Waals surface area (Å²) in [5.41, 5.74) is 0.498. The third kappa shape index (κ3) is 4.46. The maximum Gasteiger partial charge on any atom is 0.270 e. The van der Waals surface area contributed by atoms with Crippen LogP contribution in [0, 0.1) is 11.3 Å². The molecule has 1 heterocycles. The normalized spacial score (nSPS) is 15.2. The van der Waals surface area contributed by atoms with Gasteiger partial charge < -0.3 is 4.74 Å². The number of rotatable bonds is 4. The molecule has 0 atom stereocenters. The second kappa shape index (κ2) is 9.33. The first-order chi connectivity index (χ1) is 14.2. The second-order valence-corrected chi connectivity index (χ2v) is 8.22. The number of carbonyl (C=O) groups excluding carboxylic acids is 2. The summed E-state index contributed by atoms with van der Waals surface area (Å²) in [7, 11) is 0. The maximum absolute atomic E-state index is 13.1. The zero-order valence-corrected chi connectivity index (χ0v) is 19.4. The summed E-state index contributed by atoms with van der Waals surface area (Å²) in [5, 5.41) is 11.6. The molecular formula is C19H9BrCl3N3O3S. The van der Waals surface area contributed by atoms with E-state index in [9.17, 15) is 9.59 Å². The molecule has 30 heavy (non-hydrogen) atoms. The van der Waals surface area contributed by atoms with Crippen molar-refractivity contribution >= 4 is 91.6 Å². The molecular weight excluding hydrogens is 537 g/mol. The van der Waals surface area contributed by atoms with Gasteiger partial charge in [-0.2, -0.15) is 5.26 Å². The molecule has 6 nitrogen and oxygen atoms in total. The van der Waals surface area contributed by atoms with Gasteiger partial charge in [0.15, 0.2) is 17.5 Å². The Balaban J connectivity index is 2.03. The second-order valence-electron chi connectivity index (χ2n) is 5.79. The van der Waals surface area contributed by atoms with E-state index in [0.717, 1.165) is 4.90 Å². The van der Waals surface area contributed by atoms with Crippen molar-refractivity contribution < 1.29 is 14.3 Å². The molecule has 2 aromatic carbocycles. The first-order valence-corrected chi connectivity index (χ1v) is 10.4. The predicted octanol–water partition coefficient (Wildman–Crippen LogP) is 5.14. The average molecular weight is 546 g/mol. The Morgan fingerprint density at radius 2 is 1.97 bits per heavy atom. The first kappa shape index (κ1) is 22.5. The van der Waals surface area contributed by atoms with Crippen molar-refractivity contribution in [1.82, 2.24) is 5.32 Å². The van der Waals surface area contributed by atoms with E-state index in [1.54, 1.807) is 24.3 Å². The van der Waals surface area contributed by atoms with E-state index in [2.05, 4.69) is 21.2 Å². The van der Waals surface area contributed by atoms with E-state index in [1.165, 1.54) is 12.1 Å². The molecule has 2 aromatic rings. The van der Waals surface area contributed by atoms with Crippen molar-refractivity contribution in [1.29, 1.82) is 5.26 Å². The van der Waals surface area contributed by atoms with Crippen molar-refractivity contribution in [3.05, 3.63) is 61.0 Å². The van der Waals surface area contributed by atoms with Gasteiger partial charge in [-0.05, 0) is 64.1 Å². The van der Waals surface area contributed by atoms with Gasteiger partial charge in [0.1, 0.15) is 11.6 Å². The molecule has 152 valence electrons. The first-order valence-electron chi connectivity index (χ1n) is 8.09. The lowest BCUT2D eigenvalue weighted by Crippen LogP contribution is -2.54. The van der Waals surface area contributed by atoms with Crippen LogP contribution in [0.5, 0.6) is 5.75 Å². The molecule has 0 radical (unpaired) electrons. The fraction of sp³-hybridized carbons (Fsp3) is 0.0526. The topological polar surface area (TPSA) is 82.4 Å². The van der Waals surface area contributed by atoms with Gasteiger partial charge in [-0.1, -0.05) is 40.9 Å². The molecule has 0 spiro atoms. The Hall–Kier alpha value is -2.15. The zero-order chi connectivity index (χ0) is 22.0. The van der Waals surface area contributed by atoms with E-state index in [1.807, 2.05) is 6.07 Å². The van der Waals surface area contributed by atoms with E-state index in [-0.39, 0.29) is 43.8 Å². The molecule has 0 bridgehead atoms. The van der Waals surface area contributed by atoms with Crippen molar-refractivity contribution in [2.75, 3.05) is 11.5 Å². The SMILES string of the molecule is N#CCOc1c(Cl)cc(/C=C2\C(=O)NC(=S)N(c3cccc(Cl)c3Cl)C2=O)cc1Br. The van der Waals surface area contributed by atoms with E-state index in [0.29, 0.717) is 10.0 Å². The molecule has 1 N–H and O–H groups in total. The molecule has 11 heteroatoms. The van der Waals surface area contributed by atoms with Crippen LogP contribution in [0.15, 0.2) is 40.4 Å². The maximum atomic E-state index is 13.1. The number of carbonyl (C=O) groups is 2. The third-order valence-electron chi connectivity index (χ3n) is 3.89. The minimum absolute atomic E-state index is 0.120. The van der Waals surface area contributed by atoms with Crippen molar-refractivity contribution in [3.8, 4) is 11.8 Å². The molecule has 0 aromatic heterocycles. The van der Waals surface area contributed by atoms with Gasteiger partial charge in [0.05, 0.1) is 25.2 Å². The van der Waals surface area contributed by atoms with E-state index >= 15 is 0 Å². The van der Waals surface area contributed by atoms with Gasteiger partial charge in [0.25, 0.3) is 11.8 Å². The van der Waals surface area contributed by atoms with Crippen LogP contribution in [0.25, 0.3) is 6.08 Å². The molecule has 1 aliphatic heterocycles. The number of nitriles is 1. The summed E-state index contributed by atoms with van der Waals surface area (Å²) in [4.78, 5) is 26.6. The number of thiocarbonyl (C=S) groups is 1. The smallest absolute Gasteiger partial charge is 0.270 e. The van der Waals surface area contributed by atoms with Crippen molar-refractivity contribution in [3.63, 3.8) is 0 Å². The van der Waals surface area contributed by atoms with Crippen LogP contribution >= 0.6 is 63.0 Å². The number of ether oxygens (including phenoxy) is 1. The highest BCUT2D eigenvalue weighted by Gasteiger charge is 2.35. The minimum Gasteiger partial charge on any atom is -0.476 e. The number of hydrogen-bond acceptors (Lipinski definition) is 5. The van der Waals surface area contributed by atoms with Crippen LogP contribution in [-0.4, -0.2) is 23.5 Å². The summed E-state index contributed by atoms with van der Waals surface area (Å²) in [6.07, 6.45) is 1.36. The van der Waals surface area contributed by atoms with Crippen LogP contribution in [0.4, 0.5) is 5.69 Å². The van der Waals surface area contributed by atoms with Gasteiger partial charge in [0, 0.05) is 0 Å². The molecule has 2 amide bonds. The monoisotopic (exact) mass is 543 g/mol. The molecule has 0 unspecified atom stereocenters. The number of nitrogens with zero attached hydrogens (tertiary/aromatic N) is 2. The fourth-order valence-corrected chi connectivity index (χ4v) is 4.26. The molecule has 1 fully saturated rings. The van der Waals surface area contributed by atoms with Crippen LogP contribution in [0.2, 0.25) is 15.1 Å². The number of halogens is 4. The highest BCUT2D eigenvalue weighted by atomic mass is 79.9. The lowest BCUT2D eigenvalue weighted by atomic mass is 10.1. The van der Waals surface area contributed by atoms with Gasteiger partial charge in [0.2, 0.25) is 0 Å². The van der Waals surface area contributed by atoms with E-state index in [4.69, 9.17) is 57.0 Å². The predicted molar refractivity (Wildman–Crippen MR) is 123 cm³/mol. The molecule has 1 saturated heterocycles. The Morgan fingerprint density at radius 3 is 2.63 bits per heavy atom. The standard InChI is InChI=1S/C19H9BrCl3N3O3S/c20-11-7-9(8-13(22)16(11)29-5-4-24)6-10-17(27)25-19(30)26(18(10)28)14-3-1-2-12(21)15(14)23/h1-3,6-8H,5H2,(H,25,27,30)/b10-6+. The van der Waals surface area contributed by atoms with Crippen molar-refractivity contribution in [2.45, 2.75) is 0 Å². The molecule has 1 aliphatic rings. The van der Waals surface area contributed by atoms with Gasteiger partial charge in [-0.15, -0.1) is 0 Å². The lowest BCUT2D eigenvalue weighted by molar-refractivity contribution is -0.122. The number of hydrogen-bond donors (Lipinski definition) is 1. The summed E-state index contributed by atoms with van der Waals surface area (Å²) in [6, 6.07) is 9.67. The molecule has 3 rings (SSSR count). The highest BCUT2D eigenvalue weighted by molar-refractivity contribution is 9.10. The quantitative estimate of drug-likeness (QED) is 0.327. The summed E-state index contributed by atoms with van der Waals surface area (Å²) >= 11 is 26.9. The number of amides is 2. The van der Waals surface area contributed by atoms with Crippen LogP contribution in [0.3, 0.4) is 0 Å². The Kier molecular flexibility index (Phi) is 7.01. The third-order valence-corrected chi connectivity index (χ3v) is 5.85. The zero-order valence-electron chi connectivity index (χ0n) is 14.7.